The first-order valence-corrected chi connectivity index (χ1v) is 46.6. The lowest BCUT2D eigenvalue weighted by atomic mass is 9.60. The molecule has 12 aromatic rings. The maximum absolute atomic E-state index is 15.1. The summed E-state index contributed by atoms with van der Waals surface area (Å²) in [4.78, 5) is 15.1. The molecule has 0 aromatic heterocycles. The van der Waals surface area contributed by atoms with Crippen LogP contribution in [0.3, 0.4) is 0 Å². The summed E-state index contributed by atoms with van der Waals surface area (Å²) in [6, 6.07) is 120. The van der Waals surface area contributed by atoms with Gasteiger partial charge in [0.15, 0.2) is 12.6 Å². The van der Waals surface area contributed by atoms with Crippen LogP contribution in [0.2, 0.25) is 0 Å². The molecule has 16 rings (SSSR count). The predicted octanol–water partition coefficient (Wildman–Crippen LogP) is 21.7. The van der Waals surface area contributed by atoms with Gasteiger partial charge in [-0.1, -0.05) is 409 Å². The Balaban J connectivity index is 0.873. The smallest absolute Gasteiger partial charge is 0.450 e. The number of rotatable bonds is 46. The van der Waals surface area contributed by atoms with E-state index in [1.54, 1.807) is 0 Å². The van der Waals surface area contributed by atoms with Gasteiger partial charge in [0.05, 0.1) is 105 Å². The van der Waals surface area contributed by atoms with Crippen LogP contribution in [0.4, 0.5) is 4.79 Å². The lowest BCUT2D eigenvalue weighted by molar-refractivity contribution is -0.353. The highest BCUT2D eigenvalue weighted by Gasteiger charge is 2.62. The van der Waals surface area contributed by atoms with Crippen molar-refractivity contribution < 1.29 is 90.4 Å². The third kappa shape index (κ3) is 26.9. The Morgan fingerprint density at radius 1 is 0.261 bits per heavy atom. The molecule has 19 heteroatoms. The van der Waals surface area contributed by atoms with Gasteiger partial charge < -0.3 is 85.6 Å². The van der Waals surface area contributed by atoms with E-state index >= 15 is 4.79 Å². The van der Waals surface area contributed by atoms with Crippen LogP contribution in [0.25, 0.3) is 0 Å². The van der Waals surface area contributed by atoms with Crippen LogP contribution < -0.4 is 0 Å². The molecule has 4 aliphatic rings. The second-order valence-corrected chi connectivity index (χ2v) is 35.6. The van der Waals surface area contributed by atoms with Crippen molar-refractivity contribution >= 4 is 6.16 Å². The molecule has 0 radical (unpaired) electrons. The fourth-order valence-electron chi connectivity index (χ4n) is 18.2. The van der Waals surface area contributed by atoms with Crippen molar-refractivity contribution in [2.45, 2.75) is 210 Å². The van der Waals surface area contributed by atoms with Gasteiger partial charge in [0.25, 0.3) is 0 Å². The summed E-state index contributed by atoms with van der Waals surface area (Å²) in [5.41, 5.74) is 7.71. The molecule has 0 saturated carbocycles. The molecule has 0 bridgehead atoms. The highest BCUT2D eigenvalue weighted by Crippen LogP contribution is 2.53. The Kier molecular flexibility index (Phi) is 35.3. The summed E-state index contributed by atoms with van der Waals surface area (Å²) in [6.07, 6.45) is -10.4. The lowest BCUT2D eigenvalue weighted by Crippen LogP contribution is -2.66. The zero-order chi connectivity index (χ0) is 91.8. The largest absolute Gasteiger partial charge is 0.506 e. The summed E-state index contributed by atoms with van der Waals surface area (Å²) in [6.45, 7) is 7.75. The topological polar surface area (TPSA) is 194 Å². The first-order chi connectivity index (χ1) is 65.9. The summed E-state index contributed by atoms with van der Waals surface area (Å²) in [5.74, 6) is -2.03. The molecule has 696 valence electrons. The molecule has 19 unspecified atom stereocenters. The Labute approximate surface area is 787 Å². The predicted molar refractivity (Wildman–Crippen MR) is 511 cm³/mol. The number of ether oxygens (including phenoxy) is 17. The molecule has 19 atom stereocenters. The maximum atomic E-state index is 15.1. The normalized spacial score (nSPS) is 24.5. The number of hydrogen-bond acceptors (Lipinski definition) is 18. The quantitative estimate of drug-likeness (QED) is 0.0279. The van der Waals surface area contributed by atoms with Gasteiger partial charge in [-0.05, 0) is 73.2 Å². The van der Waals surface area contributed by atoms with Crippen LogP contribution in [0.5, 0.6) is 0 Å². The van der Waals surface area contributed by atoms with Crippen molar-refractivity contribution in [3.8, 4) is 0 Å². The minimum atomic E-state index is -1.92. The van der Waals surface area contributed by atoms with Crippen molar-refractivity contribution in [3.05, 3.63) is 455 Å². The lowest BCUT2D eigenvalue weighted by Gasteiger charge is -2.55. The van der Waals surface area contributed by atoms with E-state index in [1.807, 2.05) is 403 Å². The van der Waals surface area contributed by atoms with E-state index in [1.165, 1.54) is 0 Å². The second kappa shape index (κ2) is 49.3. The average molecular weight is 1810 g/mol. The molecule has 2 saturated heterocycles. The Morgan fingerprint density at radius 3 is 0.769 bits per heavy atom. The molecule has 2 heterocycles. The first kappa shape index (κ1) is 95.9. The van der Waals surface area contributed by atoms with Crippen molar-refractivity contribution in [2.75, 3.05) is 13.2 Å². The van der Waals surface area contributed by atoms with E-state index in [9.17, 15) is 5.11 Å². The minimum absolute atomic E-state index is 0.00579. The van der Waals surface area contributed by atoms with E-state index < -0.39 is 127 Å². The average Bonchev–Trinajstić information content (AvgIpc) is 0.728. The highest BCUT2D eigenvalue weighted by atomic mass is 16.8. The summed E-state index contributed by atoms with van der Waals surface area (Å²) in [7, 11) is 0. The minimum Gasteiger partial charge on any atom is -0.450 e. The van der Waals surface area contributed by atoms with Crippen molar-refractivity contribution in [3.63, 3.8) is 0 Å². The van der Waals surface area contributed by atoms with Crippen LogP contribution in [0.15, 0.2) is 388 Å². The molecule has 0 spiro atoms. The van der Waals surface area contributed by atoms with Crippen LogP contribution in [0, 0.1) is 17.3 Å². The zero-order valence-electron chi connectivity index (χ0n) is 76.2. The first-order valence-electron chi connectivity index (χ1n) is 46.6. The van der Waals surface area contributed by atoms with Gasteiger partial charge in [0.2, 0.25) is 0 Å². The van der Waals surface area contributed by atoms with E-state index in [2.05, 4.69) is 6.08 Å². The second-order valence-electron chi connectivity index (χ2n) is 35.6. The monoisotopic (exact) mass is 1810 g/mol. The van der Waals surface area contributed by atoms with Gasteiger partial charge in [0.1, 0.15) is 78.8 Å². The molecule has 1 N–H and O–H groups in total. The highest BCUT2D eigenvalue weighted by molar-refractivity contribution is 5.58. The molecule has 2 fully saturated rings. The fourth-order valence-corrected chi connectivity index (χ4v) is 18.2. The van der Waals surface area contributed by atoms with E-state index in [0.717, 1.165) is 66.8 Å². The Bertz CT molecular complexity index is 5410. The summed E-state index contributed by atoms with van der Waals surface area (Å²) in [5, 5.41) is 12.3. The molecule has 12 aromatic carbocycles. The third-order valence-electron chi connectivity index (χ3n) is 25.1. The molecule has 2 aliphatic heterocycles. The van der Waals surface area contributed by atoms with Gasteiger partial charge in [-0.15, -0.1) is 0 Å². The van der Waals surface area contributed by atoms with E-state index in [0.29, 0.717) is 0 Å². The fraction of sp³-hybridized carbons (Fsp3) is 0.330. The SMILES string of the molecule is CC(C)(C)C(CC1C=CC(OCc2ccccc2)C(OCc2ccccc2)C1OC1OC(COCc2ccccc2)C(OCc2ccccc2)C(OCc2ccccc2)C1OCc1ccccc1)(OC(=O)O)C1C=CC(OCc2ccccc2)C(OCc2ccccc2)C1OC1OC(COCc2ccccc2)C(OCc2ccccc2)C(OCc2ccccc2)C1OCc1ccccc1. The molecule has 134 heavy (non-hydrogen) atoms. The van der Waals surface area contributed by atoms with Crippen LogP contribution in [-0.2, 0) is 160 Å². The zero-order valence-corrected chi connectivity index (χ0v) is 76.2. The van der Waals surface area contributed by atoms with Gasteiger partial charge in [0, 0.05) is 17.3 Å². The summed E-state index contributed by atoms with van der Waals surface area (Å²) >= 11 is 0. The van der Waals surface area contributed by atoms with Crippen LogP contribution in [-0.4, -0.2) is 128 Å². The molecule has 19 nitrogen and oxygen atoms in total. The number of benzene rings is 12. The van der Waals surface area contributed by atoms with Gasteiger partial charge in [-0.3, -0.25) is 0 Å². The molecule has 0 amide bonds. The number of hydrogen-bond donors (Lipinski definition) is 1. The van der Waals surface area contributed by atoms with Gasteiger partial charge >= 0.3 is 6.16 Å². The van der Waals surface area contributed by atoms with Gasteiger partial charge in [-0.2, -0.15) is 0 Å². The number of carboxylic acid groups (broad SMARTS) is 1. The van der Waals surface area contributed by atoms with Crippen molar-refractivity contribution in [1.29, 1.82) is 0 Å². The Morgan fingerprint density at radius 2 is 0.493 bits per heavy atom. The standard InChI is InChI=1S/C115H122O19/c1-114(2,3)115(134-113(116)117,96-65-67-98(121-72-86-46-22-7-23-47-86)104(123-74-88-50-26-9-27-51-88)102(96)133-112-110(129-80-94-62-38-15-39-63-94)108(127-78-92-58-34-13-35-59-92)106(125-76-90-54-30-11-31-55-90)100(131-112)82-119-70-84-42-18-5-19-43-84)68-95-64-66-97(120-71-85-44-20-6-21-45-85)103(122-73-87-48-24-8-25-49-87)101(95)132-111-109(128-79-93-60-36-14-37-61-93)107(126-77-91-56-32-12-33-57-91)105(124-75-89-52-28-10-29-53-89)99(130-111)81-118-69-83-40-16-4-17-41-83/h4-67,95-112H,68-82H2,1-3H3,(H,116,117). The van der Waals surface area contributed by atoms with E-state index in [4.69, 9.17) is 80.5 Å². The van der Waals surface area contributed by atoms with Crippen LogP contribution in [0.1, 0.15) is 94.0 Å². The van der Waals surface area contributed by atoms with Crippen molar-refractivity contribution in [1.82, 2.24) is 0 Å². The van der Waals surface area contributed by atoms with E-state index in [-0.39, 0.29) is 98.9 Å². The summed E-state index contributed by atoms with van der Waals surface area (Å²) < 4.78 is 127. The Hall–Kier alpha value is -11.3. The molecular formula is C115H122O19. The maximum Gasteiger partial charge on any atom is 0.506 e. The van der Waals surface area contributed by atoms with Crippen molar-refractivity contribution in [2.24, 2.45) is 17.3 Å². The van der Waals surface area contributed by atoms with Gasteiger partial charge in [-0.25, -0.2) is 4.79 Å². The third-order valence-corrected chi connectivity index (χ3v) is 25.1. The number of carbonyl (C=O) groups is 1. The van der Waals surface area contributed by atoms with Crippen LogP contribution >= 0.6 is 0 Å². The molecule has 2 aliphatic carbocycles. The molecular weight excluding hydrogens is 1690 g/mol.